The molecule has 18 heteroatoms. The highest BCUT2D eigenvalue weighted by molar-refractivity contribution is 7.80. The zero-order valence-electron chi connectivity index (χ0n) is 25.0. The summed E-state index contributed by atoms with van der Waals surface area (Å²) < 4.78 is 20.8. The molecule has 2 amide bonds. The third-order valence-electron chi connectivity index (χ3n) is 5.29. The van der Waals surface area contributed by atoms with Gasteiger partial charge in [-0.15, -0.1) is 0 Å². The second kappa shape index (κ2) is 18.4. The van der Waals surface area contributed by atoms with Crippen molar-refractivity contribution in [3.8, 4) is 0 Å². The Morgan fingerprint density at radius 3 is 1.09 bits per heavy atom. The third kappa shape index (κ3) is 13.1. The summed E-state index contributed by atoms with van der Waals surface area (Å²) in [5, 5.41) is 5.40. The monoisotopic (exact) mass is 676 g/mol. The lowest BCUT2D eigenvalue weighted by Gasteiger charge is -2.34. The molecule has 2 rings (SSSR count). The van der Waals surface area contributed by atoms with E-state index in [4.69, 9.17) is 43.4 Å². The van der Waals surface area contributed by atoms with Gasteiger partial charge in [0.05, 0.1) is 0 Å². The van der Waals surface area contributed by atoms with Crippen LogP contribution in [-0.4, -0.2) is 70.3 Å². The number of amides is 2. The predicted molar refractivity (Wildman–Crippen MR) is 170 cm³/mol. The fraction of sp³-hybridized carbons (Fsp3) is 0.286. The number of benzene rings is 2. The lowest BCUT2D eigenvalue weighted by atomic mass is 10.0. The minimum absolute atomic E-state index is 0.0926. The highest BCUT2D eigenvalue weighted by Gasteiger charge is 2.49. The molecule has 0 unspecified atom stereocenters. The van der Waals surface area contributed by atoms with Crippen molar-refractivity contribution in [3.05, 3.63) is 60.7 Å². The molecule has 4 atom stereocenters. The van der Waals surface area contributed by atoms with Crippen LogP contribution >= 0.6 is 24.4 Å². The van der Waals surface area contributed by atoms with E-state index in [2.05, 4.69) is 32.3 Å². The van der Waals surface area contributed by atoms with E-state index in [1.165, 1.54) is 0 Å². The fourth-order valence-corrected chi connectivity index (χ4v) is 3.97. The van der Waals surface area contributed by atoms with Gasteiger partial charge in [-0.3, -0.25) is 50.5 Å². The van der Waals surface area contributed by atoms with Crippen LogP contribution in [0, 0.1) is 0 Å². The molecule has 0 radical (unpaired) electrons. The summed E-state index contributed by atoms with van der Waals surface area (Å²) >= 11 is 10.3. The quantitative estimate of drug-likeness (QED) is 0.0839. The maximum Gasteiger partial charge on any atom is 0.303 e. The van der Waals surface area contributed by atoms with Crippen LogP contribution in [0.3, 0.4) is 0 Å². The maximum atomic E-state index is 13.3. The number of anilines is 2. The van der Waals surface area contributed by atoms with E-state index in [9.17, 15) is 28.8 Å². The molecule has 0 saturated heterocycles. The zero-order chi connectivity index (χ0) is 34.2. The number of carbonyl (C=O) groups excluding carboxylic acids is 6. The highest BCUT2D eigenvalue weighted by atomic mass is 32.1. The maximum absolute atomic E-state index is 13.3. The van der Waals surface area contributed by atoms with Crippen LogP contribution in [0.4, 0.5) is 11.4 Å². The van der Waals surface area contributed by atoms with E-state index in [1.54, 1.807) is 60.7 Å². The van der Waals surface area contributed by atoms with E-state index in [1.807, 2.05) is 0 Å². The fourth-order valence-electron chi connectivity index (χ4n) is 3.63. The van der Waals surface area contributed by atoms with Gasteiger partial charge >= 0.3 is 23.9 Å². The lowest BCUT2D eigenvalue weighted by Crippen LogP contribution is -2.61. The summed E-state index contributed by atoms with van der Waals surface area (Å²) in [6.07, 6.45) is -8.27. The van der Waals surface area contributed by atoms with Crippen LogP contribution in [0.15, 0.2) is 60.7 Å². The van der Waals surface area contributed by atoms with Gasteiger partial charge in [0.2, 0.25) is 12.2 Å². The molecule has 46 heavy (non-hydrogen) atoms. The van der Waals surface area contributed by atoms with Crippen LogP contribution in [0.1, 0.15) is 27.7 Å². The Balaban J connectivity index is 2.37. The summed E-state index contributed by atoms with van der Waals surface area (Å²) in [6.45, 7) is 3.77. The van der Waals surface area contributed by atoms with Gasteiger partial charge in [0.15, 0.2) is 22.4 Å². The molecule has 0 aliphatic heterocycles. The Labute approximate surface area is 274 Å². The van der Waals surface area contributed by atoms with Gasteiger partial charge in [-0.2, -0.15) is 0 Å². The molecule has 6 N–H and O–H groups in total. The first-order chi connectivity index (χ1) is 21.8. The molecule has 0 aromatic heterocycles. The van der Waals surface area contributed by atoms with E-state index in [0.29, 0.717) is 11.4 Å². The van der Waals surface area contributed by atoms with Gasteiger partial charge < -0.3 is 29.6 Å². The second-order valence-electron chi connectivity index (χ2n) is 9.08. The molecule has 0 fully saturated rings. The number of nitrogens with one attached hydrogen (secondary N) is 6. The van der Waals surface area contributed by atoms with Gasteiger partial charge in [-0.1, -0.05) is 36.4 Å². The molecule has 246 valence electrons. The Bertz CT molecular complexity index is 1320. The van der Waals surface area contributed by atoms with Crippen molar-refractivity contribution in [2.24, 2.45) is 0 Å². The third-order valence-corrected chi connectivity index (χ3v) is 5.70. The summed E-state index contributed by atoms with van der Waals surface area (Å²) in [6, 6.07) is 17.3. The summed E-state index contributed by atoms with van der Waals surface area (Å²) in [4.78, 5) is 75.2. The number of rotatable bonds is 11. The van der Waals surface area contributed by atoms with Crippen LogP contribution in [0.5, 0.6) is 0 Å². The van der Waals surface area contributed by atoms with Crippen molar-refractivity contribution in [2.75, 3.05) is 10.6 Å². The number of ether oxygens (including phenoxy) is 4. The summed E-state index contributed by atoms with van der Waals surface area (Å²) in [5.41, 5.74) is 10.3. The topological polar surface area (TPSA) is 212 Å². The first-order valence-electron chi connectivity index (χ1n) is 13.3. The number of esters is 4. The van der Waals surface area contributed by atoms with Crippen molar-refractivity contribution in [3.63, 3.8) is 0 Å². The Morgan fingerprint density at radius 2 is 0.804 bits per heavy atom. The molecular formula is C28H32N6O10S2. The highest BCUT2D eigenvalue weighted by Crippen LogP contribution is 2.20. The average molecular weight is 677 g/mol. The molecule has 0 heterocycles. The minimum atomic E-state index is -2.09. The average Bonchev–Trinajstić information content (AvgIpc) is 2.98. The Morgan fingerprint density at radius 1 is 0.500 bits per heavy atom. The minimum Gasteiger partial charge on any atom is -0.454 e. The SMILES string of the molecule is CC(=O)O[C@H]([C@H](OC(C)=O)[C@@H](OC(C)=O)C(=O)NNC(=S)Nc1ccccc1)[C@H](OC(C)=O)C(=O)NNC(=S)Nc1ccccc1. The van der Waals surface area contributed by atoms with E-state index in [-0.39, 0.29) is 10.2 Å². The number of para-hydroxylation sites is 2. The molecule has 2 aromatic carbocycles. The van der Waals surface area contributed by atoms with Crippen molar-refractivity contribution in [2.45, 2.75) is 52.1 Å². The second-order valence-corrected chi connectivity index (χ2v) is 9.89. The van der Waals surface area contributed by atoms with Crippen molar-refractivity contribution >= 4 is 81.7 Å². The predicted octanol–water partition coefficient (Wildman–Crippen LogP) is 0.749. The normalized spacial score (nSPS) is 12.7. The van der Waals surface area contributed by atoms with Crippen LogP contribution in [0.25, 0.3) is 0 Å². The molecule has 0 spiro atoms. The molecule has 0 aliphatic carbocycles. The van der Waals surface area contributed by atoms with Gasteiger partial charge in [0.1, 0.15) is 0 Å². The Kier molecular flexibility index (Phi) is 14.8. The van der Waals surface area contributed by atoms with Crippen molar-refractivity contribution in [1.82, 2.24) is 21.7 Å². The smallest absolute Gasteiger partial charge is 0.303 e. The number of hydrogen-bond donors (Lipinski definition) is 6. The number of carbonyl (C=O) groups is 6. The van der Waals surface area contributed by atoms with Gasteiger partial charge in [-0.25, -0.2) is 0 Å². The largest absolute Gasteiger partial charge is 0.454 e. The standard InChI is InChI=1S/C28H32N6O10S2/c1-15(35)41-21(23(43-17(3)37)25(39)31-33-27(45)29-19-11-7-5-8-12-19)22(42-16(2)36)24(44-18(4)38)26(40)32-34-28(46)30-20-13-9-6-10-14-20/h5-14,21-24H,1-4H3,(H,31,39)(H,32,40)(H2,29,33,45)(H2,30,34,46)/t21-,22+,23+,24-. The van der Waals surface area contributed by atoms with Crippen LogP contribution in [-0.2, 0) is 47.7 Å². The Hall–Kier alpha value is -5.36. The molecule has 0 aliphatic rings. The van der Waals surface area contributed by atoms with Crippen molar-refractivity contribution in [1.29, 1.82) is 0 Å². The lowest BCUT2D eigenvalue weighted by molar-refractivity contribution is -0.200. The van der Waals surface area contributed by atoms with E-state index < -0.39 is 60.1 Å². The molecule has 16 nitrogen and oxygen atoms in total. The zero-order valence-corrected chi connectivity index (χ0v) is 26.6. The van der Waals surface area contributed by atoms with Gasteiger partial charge in [-0.05, 0) is 48.7 Å². The van der Waals surface area contributed by atoms with E-state index in [0.717, 1.165) is 27.7 Å². The van der Waals surface area contributed by atoms with Crippen LogP contribution in [0.2, 0.25) is 0 Å². The first-order valence-corrected chi connectivity index (χ1v) is 14.1. The molecule has 0 bridgehead atoms. The number of thiocarbonyl (C=S) groups is 2. The number of hydrazine groups is 2. The first kappa shape index (κ1) is 36.8. The van der Waals surface area contributed by atoms with Gasteiger partial charge in [0.25, 0.3) is 11.8 Å². The van der Waals surface area contributed by atoms with Crippen LogP contribution < -0.4 is 32.3 Å². The number of hydrogen-bond acceptors (Lipinski definition) is 12. The van der Waals surface area contributed by atoms with Gasteiger partial charge in [0, 0.05) is 39.1 Å². The summed E-state index contributed by atoms with van der Waals surface area (Å²) in [5.74, 6) is -6.48. The molecular weight excluding hydrogens is 644 g/mol. The van der Waals surface area contributed by atoms with Crippen molar-refractivity contribution < 1.29 is 47.7 Å². The summed E-state index contributed by atoms with van der Waals surface area (Å²) in [7, 11) is 0. The molecule has 2 aromatic rings. The molecule has 0 saturated carbocycles. The van der Waals surface area contributed by atoms with E-state index >= 15 is 0 Å².